The third-order valence-corrected chi connectivity index (χ3v) is 6.97. The Morgan fingerprint density at radius 3 is 2.39 bits per heavy atom. The molecule has 10 nitrogen and oxygen atoms in total. The van der Waals surface area contributed by atoms with Gasteiger partial charge in [0.05, 0.1) is 19.3 Å². The van der Waals surface area contributed by atoms with Crippen molar-refractivity contribution < 1.29 is 14.3 Å². The molecule has 1 aromatic carbocycles. The molecule has 3 fully saturated rings. The van der Waals surface area contributed by atoms with Gasteiger partial charge in [-0.1, -0.05) is 0 Å². The van der Waals surface area contributed by atoms with Crippen LogP contribution in [-0.4, -0.2) is 84.8 Å². The first-order chi connectivity index (χ1) is 17.4. The van der Waals surface area contributed by atoms with E-state index in [1.165, 1.54) is 0 Å². The minimum atomic E-state index is -0.197. The summed E-state index contributed by atoms with van der Waals surface area (Å²) in [5, 5.41) is 8.95. The average Bonchev–Trinajstić information content (AvgIpc) is 3.69. The van der Waals surface area contributed by atoms with Crippen LogP contribution in [0.4, 0.5) is 16.3 Å². The lowest BCUT2D eigenvalue weighted by Crippen LogP contribution is -2.45. The highest BCUT2D eigenvalue weighted by atomic mass is 16.5. The van der Waals surface area contributed by atoms with Crippen molar-refractivity contribution in [2.75, 3.05) is 50.1 Å². The maximum absolute atomic E-state index is 13.3. The highest BCUT2D eigenvalue weighted by Gasteiger charge is 2.25. The van der Waals surface area contributed by atoms with E-state index in [0.29, 0.717) is 43.0 Å². The van der Waals surface area contributed by atoms with Crippen molar-refractivity contribution >= 4 is 23.4 Å². The Morgan fingerprint density at radius 2 is 1.69 bits per heavy atom. The first kappa shape index (κ1) is 24.5. The number of carbonyl (C=O) groups excluding carboxylic acids is 2. The number of nitrogens with zero attached hydrogens (tertiary/aromatic N) is 4. The molecule has 3 amide bonds. The molecule has 36 heavy (non-hydrogen) atoms. The van der Waals surface area contributed by atoms with E-state index in [1.807, 2.05) is 24.3 Å². The standard InChI is InChI=1S/C26H35N7O3/c1-17-16-36-14-13-33(17)23-15-22(25(34)27-21-9-11-32(2)12-10-21)30-24(31-23)18-3-5-19(6-4-18)28-26(35)29-20-7-8-20/h3-6,15,17,20-21H,7-14,16H2,1-2H3,(H,27,34)(H2,28,29,35)/t17-/m0/s1. The molecule has 1 aromatic heterocycles. The summed E-state index contributed by atoms with van der Waals surface area (Å²) in [4.78, 5) is 39.2. The molecule has 3 N–H and O–H groups in total. The molecule has 2 aromatic rings. The Labute approximate surface area is 211 Å². The van der Waals surface area contributed by atoms with Gasteiger partial charge in [0, 0.05) is 35.9 Å². The number of urea groups is 1. The van der Waals surface area contributed by atoms with Crippen molar-refractivity contribution in [3.63, 3.8) is 0 Å². The zero-order chi connectivity index (χ0) is 25.1. The maximum atomic E-state index is 13.3. The molecule has 0 spiro atoms. The Hall–Kier alpha value is -3.24. The normalized spacial score (nSPS) is 21.2. The fourth-order valence-electron chi connectivity index (χ4n) is 4.59. The monoisotopic (exact) mass is 493 g/mol. The molecule has 5 rings (SSSR count). The number of benzene rings is 1. The van der Waals surface area contributed by atoms with Gasteiger partial charge >= 0.3 is 6.03 Å². The number of nitrogens with one attached hydrogen (secondary N) is 3. The van der Waals surface area contributed by atoms with Gasteiger partial charge in [-0.25, -0.2) is 14.8 Å². The molecule has 3 heterocycles. The minimum absolute atomic E-state index is 0.142. The van der Waals surface area contributed by atoms with E-state index in [1.54, 1.807) is 6.07 Å². The van der Waals surface area contributed by atoms with Gasteiger partial charge in [0.1, 0.15) is 11.5 Å². The van der Waals surface area contributed by atoms with Crippen molar-refractivity contribution in [3.05, 3.63) is 36.0 Å². The molecule has 1 saturated carbocycles. The van der Waals surface area contributed by atoms with Crippen molar-refractivity contribution in [1.29, 1.82) is 0 Å². The predicted molar refractivity (Wildman–Crippen MR) is 138 cm³/mol. The maximum Gasteiger partial charge on any atom is 0.319 e. The zero-order valence-electron chi connectivity index (χ0n) is 21.0. The number of likely N-dealkylation sites (tertiary alicyclic amines) is 1. The molecule has 1 aliphatic carbocycles. The summed E-state index contributed by atoms with van der Waals surface area (Å²) in [6.45, 7) is 5.95. The third kappa shape index (κ3) is 6.11. The molecule has 0 radical (unpaired) electrons. The number of amides is 3. The summed E-state index contributed by atoms with van der Waals surface area (Å²) >= 11 is 0. The lowest BCUT2D eigenvalue weighted by molar-refractivity contribution is 0.0911. The van der Waals surface area contributed by atoms with Gasteiger partial charge < -0.3 is 30.5 Å². The summed E-state index contributed by atoms with van der Waals surface area (Å²) in [5.74, 6) is 1.02. The quantitative estimate of drug-likeness (QED) is 0.567. The van der Waals surface area contributed by atoms with Crippen LogP contribution in [0.25, 0.3) is 11.4 Å². The van der Waals surface area contributed by atoms with Crippen LogP contribution in [-0.2, 0) is 4.74 Å². The summed E-state index contributed by atoms with van der Waals surface area (Å²) in [7, 11) is 2.10. The number of ether oxygens (including phenoxy) is 1. The van der Waals surface area contributed by atoms with Crippen LogP contribution in [0, 0.1) is 0 Å². The van der Waals surface area contributed by atoms with Gasteiger partial charge in [0.25, 0.3) is 5.91 Å². The molecule has 3 aliphatic rings. The number of hydrogen-bond donors (Lipinski definition) is 3. The van der Waals surface area contributed by atoms with Crippen LogP contribution in [0.1, 0.15) is 43.1 Å². The van der Waals surface area contributed by atoms with E-state index in [2.05, 4.69) is 44.7 Å². The molecule has 0 unspecified atom stereocenters. The Kier molecular flexibility index (Phi) is 7.33. The zero-order valence-corrected chi connectivity index (χ0v) is 21.0. The highest BCUT2D eigenvalue weighted by Crippen LogP contribution is 2.25. The van der Waals surface area contributed by atoms with Crippen molar-refractivity contribution in [1.82, 2.24) is 25.5 Å². The van der Waals surface area contributed by atoms with E-state index in [4.69, 9.17) is 9.72 Å². The number of aromatic nitrogens is 2. The Bertz CT molecular complexity index is 1080. The number of hydrogen-bond acceptors (Lipinski definition) is 7. The number of piperidine rings is 1. The molecule has 10 heteroatoms. The first-order valence-electron chi connectivity index (χ1n) is 12.9. The molecule has 2 saturated heterocycles. The van der Waals surface area contributed by atoms with Crippen LogP contribution in [0.15, 0.2) is 30.3 Å². The number of anilines is 2. The summed E-state index contributed by atoms with van der Waals surface area (Å²) in [6, 6.07) is 9.56. The van der Waals surface area contributed by atoms with Crippen LogP contribution in [0.2, 0.25) is 0 Å². The van der Waals surface area contributed by atoms with Crippen molar-refractivity contribution in [2.45, 2.75) is 50.7 Å². The number of rotatable bonds is 6. The van der Waals surface area contributed by atoms with Gasteiger partial charge in [0.15, 0.2) is 5.82 Å². The van der Waals surface area contributed by atoms with Crippen LogP contribution in [0.5, 0.6) is 0 Å². The molecular weight excluding hydrogens is 458 g/mol. The third-order valence-electron chi connectivity index (χ3n) is 6.97. The topological polar surface area (TPSA) is 112 Å². The second-order valence-corrected chi connectivity index (χ2v) is 10.1. The lowest BCUT2D eigenvalue weighted by atomic mass is 10.1. The van der Waals surface area contributed by atoms with Crippen LogP contribution in [0.3, 0.4) is 0 Å². The number of carbonyl (C=O) groups is 2. The SMILES string of the molecule is C[C@H]1COCCN1c1cc(C(=O)NC2CCN(C)CC2)nc(-c2ccc(NC(=O)NC3CC3)cc2)n1. The average molecular weight is 494 g/mol. The van der Waals surface area contributed by atoms with Gasteiger partial charge in [-0.15, -0.1) is 0 Å². The summed E-state index contributed by atoms with van der Waals surface area (Å²) in [5.41, 5.74) is 1.83. The molecule has 1 atom stereocenters. The highest BCUT2D eigenvalue weighted by molar-refractivity contribution is 5.94. The van der Waals surface area contributed by atoms with Crippen molar-refractivity contribution in [3.8, 4) is 11.4 Å². The van der Waals surface area contributed by atoms with Gasteiger partial charge in [0.2, 0.25) is 0 Å². The fraction of sp³-hybridized carbons (Fsp3) is 0.538. The van der Waals surface area contributed by atoms with E-state index >= 15 is 0 Å². The van der Waals surface area contributed by atoms with E-state index < -0.39 is 0 Å². The fourth-order valence-corrected chi connectivity index (χ4v) is 4.59. The van der Waals surface area contributed by atoms with E-state index in [0.717, 1.165) is 50.2 Å². The van der Waals surface area contributed by atoms with Crippen molar-refractivity contribution in [2.24, 2.45) is 0 Å². The largest absolute Gasteiger partial charge is 0.377 e. The second kappa shape index (κ2) is 10.8. The Balaban J connectivity index is 1.37. The Morgan fingerprint density at radius 1 is 0.972 bits per heavy atom. The van der Waals surface area contributed by atoms with E-state index in [-0.39, 0.29) is 24.0 Å². The van der Waals surface area contributed by atoms with Gasteiger partial charge in [-0.05, 0) is 77.0 Å². The number of morpholine rings is 1. The molecule has 2 aliphatic heterocycles. The molecule has 192 valence electrons. The van der Waals surface area contributed by atoms with Gasteiger partial charge in [-0.2, -0.15) is 0 Å². The predicted octanol–water partition coefficient (Wildman–Crippen LogP) is 2.48. The minimum Gasteiger partial charge on any atom is -0.377 e. The summed E-state index contributed by atoms with van der Waals surface area (Å²) in [6.07, 6.45) is 3.93. The summed E-state index contributed by atoms with van der Waals surface area (Å²) < 4.78 is 5.60. The molecule has 0 bridgehead atoms. The second-order valence-electron chi connectivity index (χ2n) is 10.1. The smallest absolute Gasteiger partial charge is 0.319 e. The van der Waals surface area contributed by atoms with Crippen LogP contribution >= 0.6 is 0 Å². The van der Waals surface area contributed by atoms with E-state index in [9.17, 15) is 9.59 Å². The van der Waals surface area contributed by atoms with Gasteiger partial charge in [-0.3, -0.25) is 4.79 Å². The lowest BCUT2D eigenvalue weighted by Gasteiger charge is -2.34. The molecular formula is C26H35N7O3. The first-order valence-corrected chi connectivity index (χ1v) is 12.9. The van der Waals surface area contributed by atoms with Crippen LogP contribution < -0.4 is 20.9 Å².